The van der Waals surface area contributed by atoms with Crippen molar-refractivity contribution in [2.24, 2.45) is 10.7 Å². The van der Waals surface area contributed by atoms with Gasteiger partial charge in [-0.3, -0.25) is 9.69 Å². The molecular formula is C22H23F2N3O3. The number of carbonyl (C=O) groups is 1. The van der Waals surface area contributed by atoms with E-state index in [1.807, 2.05) is 31.2 Å². The number of allylic oxidation sites excluding steroid dienone is 1. The van der Waals surface area contributed by atoms with E-state index in [0.717, 1.165) is 11.1 Å². The monoisotopic (exact) mass is 415 g/mol. The fourth-order valence-electron chi connectivity index (χ4n) is 3.38. The number of rotatable bonds is 7. The number of halogens is 2. The van der Waals surface area contributed by atoms with Gasteiger partial charge in [0.15, 0.2) is 11.5 Å². The lowest BCUT2D eigenvalue weighted by Gasteiger charge is -2.26. The van der Waals surface area contributed by atoms with Crippen LogP contribution in [0.25, 0.3) is 5.57 Å². The van der Waals surface area contributed by atoms with E-state index in [1.54, 1.807) is 32.4 Å². The number of aliphatic imine (C=N–C) groups is 1. The normalized spacial score (nSPS) is 19.4. The van der Waals surface area contributed by atoms with Crippen molar-refractivity contribution in [3.05, 3.63) is 71.3 Å². The molecule has 158 valence electrons. The minimum atomic E-state index is -2.93. The molecule has 8 heteroatoms. The number of hydrogen-bond donors (Lipinski definition) is 1. The molecule has 0 radical (unpaired) electrons. The third-order valence-electron chi connectivity index (χ3n) is 5.03. The van der Waals surface area contributed by atoms with Gasteiger partial charge in [-0.2, -0.15) is 8.78 Å². The van der Waals surface area contributed by atoms with Crippen LogP contribution in [0.5, 0.6) is 5.75 Å². The van der Waals surface area contributed by atoms with Crippen molar-refractivity contribution < 1.29 is 23.0 Å². The van der Waals surface area contributed by atoms with Gasteiger partial charge >= 0.3 is 6.61 Å². The van der Waals surface area contributed by atoms with Crippen LogP contribution >= 0.6 is 0 Å². The van der Waals surface area contributed by atoms with Gasteiger partial charge in [-0.05, 0) is 47.4 Å². The zero-order chi connectivity index (χ0) is 21.9. The van der Waals surface area contributed by atoms with Gasteiger partial charge in [0, 0.05) is 14.2 Å². The van der Waals surface area contributed by atoms with Gasteiger partial charge in [0.25, 0.3) is 5.91 Å². The number of methoxy groups -OCH3 is 1. The summed E-state index contributed by atoms with van der Waals surface area (Å²) in [5.74, 6) is -0.269. The molecule has 1 heterocycles. The summed E-state index contributed by atoms with van der Waals surface area (Å²) in [5.41, 5.74) is 7.56. The zero-order valence-corrected chi connectivity index (χ0v) is 16.9. The van der Waals surface area contributed by atoms with E-state index in [2.05, 4.69) is 9.73 Å². The summed E-state index contributed by atoms with van der Waals surface area (Å²) in [6, 6.07) is 13.3. The van der Waals surface area contributed by atoms with Gasteiger partial charge in [-0.15, -0.1) is 0 Å². The minimum Gasteiger partial charge on any atom is -0.435 e. The van der Waals surface area contributed by atoms with Crippen molar-refractivity contribution in [1.82, 2.24) is 4.90 Å². The Morgan fingerprint density at radius 1 is 1.23 bits per heavy atom. The van der Waals surface area contributed by atoms with Crippen molar-refractivity contribution in [3.8, 4) is 5.75 Å². The molecule has 2 N–H and O–H groups in total. The molecule has 2 aromatic rings. The van der Waals surface area contributed by atoms with Gasteiger partial charge in [0.2, 0.25) is 0 Å². The topological polar surface area (TPSA) is 77.2 Å². The first-order valence-corrected chi connectivity index (χ1v) is 9.25. The van der Waals surface area contributed by atoms with E-state index < -0.39 is 12.2 Å². The fourth-order valence-corrected chi connectivity index (χ4v) is 3.38. The van der Waals surface area contributed by atoms with Gasteiger partial charge in [-0.25, -0.2) is 4.99 Å². The minimum absolute atomic E-state index is 0.00764. The van der Waals surface area contributed by atoms with Gasteiger partial charge in [-0.1, -0.05) is 36.4 Å². The second-order valence-electron chi connectivity index (χ2n) is 6.87. The molecule has 30 heavy (non-hydrogen) atoms. The highest BCUT2D eigenvalue weighted by Gasteiger charge is 2.49. The average Bonchev–Trinajstić information content (AvgIpc) is 2.97. The molecule has 0 fully saturated rings. The van der Waals surface area contributed by atoms with Gasteiger partial charge < -0.3 is 15.2 Å². The molecule has 1 unspecified atom stereocenters. The van der Waals surface area contributed by atoms with Crippen molar-refractivity contribution in [2.45, 2.75) is 19.1 Å². The van der Waals surface area contributed by atoms with E-state index in [4.69, 9.17) is 10.5 Å². The molecule has 1 atom stereocenters. The van der Waals surface area contributed by atoms with Crippen LogP contribution in [-0.4, -0.2) is 44.1 Å². The summed E-state index contributed by atoms with van der Waals surface area (Å²) in [6.45, 7) is -0.530. The highest BCUT2D eigenvalue weighted by molar-refractivity contribution is 6.09. The Morgan fingerprint density at radius 2 is 1.93 bits per heavy atom. The average molecular weight is 415 g/mol. The zero-order valence-electron chi connectivity index (χ0n) is 16.9. The van der Waals surface area contributed by atoms with Crippen LogP contribution in [0.1, 0.15) is 23.6 Å². The molecule has 1 aliphatic rings. The number of carbonyl (C=O) groups excluding carboxylic acids is 1. The number of alkyl halides is 2. The van der Waals surface area contributed by atoms with E-state index in [1.165, 1.54) is 17.0 Å². The van der Waals surface area contributed by atoms with E-state index in [0.29, 0.717) is 17.7 Å². The Bertz CT molecular complexity index is 989. The summed E-state index contributed by atoms with van der Waals surface area (Å²) in [4.78, 5) is 19.1. The van der Waals surface area contributed by atoms with E-state index in [-0.39, 0.29) is 17.6 Å². The second-order valence-corrected chi connectivity index (χ2v) is 6.87. The molecule has 2 aromatic carbocycles. The van der Waals surface area contributed by atoms with E-state index >= 15 is 0 Å². The Kier molecular flexibility index (Phi) is 6.17. The van der Waals surface area contributed by atoms with Crippen LogP contribution in [0.3, 0.4) is 0 Å². The maximum Gasteiger partial charge on any atom is 0.387 e. The number of likely N-dealkylation sites (N-methyl/N-ethyl adjacent to an activating group) is 1. The Balaban J connectivity index is 2.13. The SMILES string of the molecule is COC/C=C(/C)c1cccc(C2(c3ccc(OC(F)F)cc3)N=C(N)N(C)C2=O)c1. The summed E-state index contributed by atoms with van der Waals surface area (Å²) in [7, 11) is 3.16. The number of benzene rings is 2. The summed E-state index contributed by atoms with van der Waals surface area (Å²) in [5, 5.41) is 0. The molecular weight excluding hydrogens is 392 g/mol. The molecule has 0 spiro atoms. The largest absolute Gasteiger partial charge is 0.435 e. The van der Waals surface area contributed by atoms with Crippen LogP contribution in [0.2, 0.25) is 0 Å². The van der Waals surface area contributed by atoms with Crippen molar-refractivity contribution >= 4 is 17.4 Å². The van der Waals surface area contributed by atoms with Gasteiger partial charge in [0.1, 0.15) is 5.75 Å². The Morgan fingerprint density at radius 3 is 2.50 bits per heavy atom. The molecule has 1 aliphatic heterocycles. The molecule has 0 aliphatic carbocycles. The van der Waals surface area contributed by atoms with Crippen molar-refractivity contribution in [3.63, 3.8) is 0 Å². The van der Waals surface area contributed by atoms with Crippen LogP contribution < -0.4 is 10.5 Å². The fraction of sp³-hybridized carbons (Fsp3) is 0.273. The van der Waals surface area contributed by atoms with Gasteiger partial charge in [0.05, 0.1) is 6.61 Å². The first-order valence-electron chi connectivity index (χ1n) is 9.25. The molecule has 3 rings (SSSR count). The second kappa shape index (κ2) is 8.62. The van der Waals surface area contributed by atoms with Crippen molar-refractivity contribution in [2.75, 3.05) is 20.8 Å². The summed E-state index contributed by atoms with van der Waals surface area (Å²) in [6.07, 6.45) is 1.93. The molecule has 0 bridgehead atoms. The molecule has 6 nitrogen and oxygen atoms in total. The predicted octanol–water partition coefficient (Wildman–Crippen LogP) is 3.37. The molecule has 0 saturated heterocycles. The summed E-state index contributed by atoms with van der Waals surface area (Å²) < 4.78 is 34.5. The number of ether oxygens (including phenoxy) is 2. The number of hydrogen-bond acceptors (Lipinski definition) is 5. The summed E-state index contributed by atoms with van der Waals surface area (Å²) >= 11 is 0. The highest BCUT2D eigenvalue weighted by atomic mass is 19.3. The smallest absolute Gasteiger partial charge is 0.387 e. The molecule has 0 saturated carbocycles. The first-order chi connectivity index (χ1) is 14.3. The third-order valence-corrected chi connectivity index (χ3v) is 5.03. The van der Waals surface area contributed by atoms with E-state index in [9.17, 15) is 13.6 Å². The van der Waals surface area contributed by atoms with Crippen LogP contribution in [0.15, 0.2) is 59.6 Å². The maximum absolute atomic E-state index is 13.3. The number of nitrogens with zero attached hydrogens (tertiary/aromatic N) is 2. The van der Waals surface area contributed by atoms with Crippen LogP contribution in [0, 0.1) is 0 Å². The van der Waals surface area contributed by atoms with Crippen LogP contribution in [-0.2, 0) is 15.1 Å². The quantitative estimate of drug-likeness (QED) is 0.752. The first kappa shape index (κ1) is 21.4. The lowest BCUT2D eigenvalue weighted by molar-refractivity contribution is -0.129. The Hall–Kier alpha value is -3.26. The highest BCUT2D eigenvalue weighted by Crippen LogP contribution is 2.40. The number of amides is 1. The molecule has 0 aromatic heterocycles. The van der Waals surface area contributed by atoms with Crippen LogP contribution in [0.4, 0.5) is 8.78 Å². The Labute approximate surface area is 173 Å². The van der Waals surface area contributed by atoms with Crippen molar-refractivity contribution in [1.29, 1.82) is 0 Å². The number of guanidine groups is 1. The standard InChI is InChI=1S/C22H23F2N3O3/c1-14(11-12-29-3)15-5-4-6-17(13-15)22(19(28)27(2)21(25)26-22)16-7-9-18(10-8-16)30-20(23)24/h4-11,13,20H,12H2,1-3H3,(H2,25,26)/b14-11-. The maximum atomic E-state index is 13.3. The lowest BCUT2D eigenvalue weighted by Crippen LogP contribution is -2.41. The number of nitrogens with two attached hydrogens (primary N) is 1. The lowest BCUT2D eigenvalue weighted by atomic mass is 9.81. The predicted molar refractivity (Wildman–Crippen MR) is 110 cm³/mol. The molecule has 1 amide bonds. The third kappa shape index (κ3) is 3.91.